The van der Waals surface area contributed by atoms with Crippen molar-refractivity contribution in [3.63, 3.8) is 0 Å². The molecule has 2 aromatic rings. The van der Waals surface area contributed by atoms with Crippen molar-refractivity contribution < 1.29 is 38.4 Å². The average molecular weight is 472 g/mol. The Morgan fingerprint density at radius 3 is 2.45 bits per heavy atom. The predicted molar refractivity (Wildman–Crippen MR) is 120 cm³/mol. The second-order valence-electron chi connectivity index (χ2n) is 6.95. The first kappa shape index (κ1) is 22.3. The van der Waals surface area contributed by atoms with Crippen LogP contribution >= 0.6 is 11.8 Å². The van der Waals surface area contributed by atoms with Crippen LogP contribution in [0.2, 0.25) is 0 Å². The summed E-state index contributed by atoms with van der Waals surface area (Å²) >= 11 is 0.713. The van der Waals surface area contributed by atoms with Crippen molar-refractivity contribution in [2.45, 2.75) is 0 Å². The van der Waals surface area contributed by atoms with Crippen LogP contribution in [0.4, 0.5) is 10.5 Å². The molecule has 1 saturated heterocycles. The van der Waals surface area contributed by atoms with Crippen LogP contribution in [0.25, 0.3) is 6.08 Å². The monoisotopic (exact) mass is 472 g/mol. The molecule has 11 heteroatoms. The van der Waals surface area contributed by atoms with Gasteiger partial charge in [0.05, 0.1) is 19.1 Å². The van der Waals surface area contributed by atoms with E-state index in [4.69, 9.17) is 18.9 Å². The van der Waals surface area contributed by atoms with Crippen LogP contribution in [0.1, 0.15) is 5.56 Å². The number of nitrogens with one attached hydrogen (secondary N) is 1. The molecule has 0 aliphatic carbocycles. The molecule has 0 bridgehead atoms. The fourth-order valence-electron chi connectivity index (χ4n) is 3.25. The van der Waals surface area contributed by atoms with Gasteiger partial charge in [-0.1, -0.05) is 0 Å². The van der Waals surface area contributed by atoms with E-state index in [2.05, 4.69) is 5.32 Å². The molecule has 4 rings (SSSR count). The maximum absolute atomic E-state index is 12.8. The maximum atomic E-state index is 12.8. The zero-order chi connectivity index (χ0) is 23.5. The smallest absolute Gasteiger partial charge is 0.294 e. The minimum atomic E-state index is -0.603. The number of rotatable bonds is 6. The normalized spacial score (nSPS) is 16.2. The summed E-state index contributed by atoms with van der Waals surface area (Å²) in [5.74, 6) is 0.0700. The molecule has 0 spiro atoms. The lowest BCUT2D eigenvalue weighted by molar-refractivity contribution is -0.127. The van der Waals surface area contributed by atoms with Gasteiger partial charge in [-0.15, -0.1) is 0 Å². The number of nitrogens with zero attached hydrogens (tertiary/aromatic N) is 1. The highest BCUT2D eigenvalue weighted by molar-refractivity contribution is 8.18. The van der Waals surface area contributed by atoms with Gasteiger partial charge in [-0.05, 0) is 47.7 Å². The number of ether oxygens (including phenoxy) is 4. The minimum Gasteiger partial charge on any atom is -0.502 e. The number of hydrogen-bond acceptors (Lipinski definition) is 9. The molecule has 1 fully saturated rings. The standard InChI is InChI=1S/C22H20N2O8S/c1-29-16-7-12(8-17(30-2)20(16)26)9-18-21(27)24(22(28)33-18)11-19(25)23-13-3-4-14-15(10-13)32-6-5-31-14/h3-4,7-10,26H,5-6,11H2,1-2H3,(H,23,25)/b18-9+. The summed E-state index contributed by atoms with van der Waals surface area (Å²) in [5.41, 5.74) is 0.933. The van der Waals surface area contributed by atoms with Crippen LogP contribution in [0.5, 0.6) is 28.7 Å². The number of phenols is 1. The minimum absolute atomic E-state index is 0.127. The molecule has 2 aliphatic rings. The maximum Gasteiger partial charge on any atom is 0.294 e. The summed E-state index contributed by atoms with van der Waals surface area (Å²) in [5, 5.41) is 12.1. The van der Waals surface area contributed by atoms with Gasteiger partial charge in [-0.25, -0.2) is 0 Å². The molecule has 2 N–H and O–H groups in total. The summed E-state index contributed by atoms with van der Waals surface area (Å²) in [4.78, 5) is 38.6. The van der Waals surface area contributed by atoms with Gasteiger partial charge in [0, 0.05) is 11.8 Å². The van der Waals surface area contributed by atoms with Crippen LogP contribution < -0.4 is 24.3 Å². The zero-order valence-electron chi connectivity index (χ0n) is 17.7. The van der Waals surface area contributed by atoms with Crippen LogP contribution in [0, 0.1) is 0 Å². The molecule has 0 aromatic heterocycles. The van der Waals surface area contributed by atoms with E-state index in [9.17, 15) is 19.5 Å². The van der Waals surface area contributed by atoms with E-state index in [1.54, 1.807) is 18.2 Å². The SMILES string of the molecule is COc1cc(/C=C2/SC(=O)N(CC(=O)Nc3ccc4c(c3)OCCO4)C2=O)cc(OC)c1O. The Bertz CT molecular complexity index is 1140. The van der Waals surface area contributed by atoms with Gasteiger partial charge in [0.1, 0.15) is 19.8 Å². The van der Waals surface area contributed by atoms with Crippen molar-refractivity contribution in [2.24, 2.45) is 0 Å². The lowest BCUT2D eigenvalue weighted by atomic mass is 10.1. The highest BCUT2D eigenvalue weighted by atomic mass is 32.2. The predicted octanol–water partition coefficient (Wildman–Crippen LogP) is 2.86. The van der Waals surface area contributed by atoms with Gasteiger partial charge in [0.25, 0.3) is 11.1 Å². The van der Waals surface area contributed by atoms with Gasteiger partial charge in [0.2, 0.25) is 11.7 Å². The largest absolute Gasteiger partial charge is 0.502 e. The summed E-state index contributed by atoms with van der Waals surface area (Å²) < 4.78 is 21.1. The van der Waals surface area contributed by atoms with Crippen molar-refractivity contribution in [3.8, 4) is 28.7 Å². The van der Waals surface area contributed by atoms with Crippen LogP contribution in [-0.4, -0.2) is 61.0 Å². The van der Waals surface area contributed by atoms with Crippen LogP contribution in [-0.2, 0) is 9.59 Å². The van der Waals surface area contributed by atoms with Gasteiger partial charge >= 0.3 is 0 Å². The number of carbonyl (C=O) groups is 3. The lowest BCUT2D eigenvalue weighted by Crippen LogP contribution is -2.36. The molecule has 0 radical (unpaired) electrons. The molecule has 10 nitrogen and oxygen atoms in total. The number of methoxy groups -OCH3 is 2. The van der Waals surface area contributed by atoms with E-state index in [0.717, 1.165) is 4.90 Å². The van der Waals surface area contributed by atoms with Gasteiger partial charge in [-0.3, -0.25) is 19.3 Å². The molecule has 2 aliphatic heterocycles. The van der Waals surface area contributed by atoms with Gasteiger partial charge in [-0.2, -0.15) is 0 Å². The van der Waals surface area contributed by atoms with Crippen molar-refractivity contribution in [3.05, 3.63) is 40.8 Å². The molecule has 2 heterocycles. The van der Waals surface area contributed by atoms with Crippen LogP contribution in [0.3, 0.4) is 0 Å². The summed E-state index contributed by atoms with van der Waals surface area (Å²) in [7, 11) is 2.76. The van der Waals surface area contributed by atoms with E-state index in [-0.39, 0.29) is 22.2 Å². The van der Waals surface area contributed by atoms with E-state index < -0.39 is 23.6 Å². The Morgan fingerprint density at radius 1 is 1.12 bits per heavy atom. The third-order valence-electron chi connectivity index (χ3n) is 4.80. The Morgan fingerprint density at radius 2 is 1.79 bits per heavy atom. The Labute approximate surface area is 193 Å². The summed E-state index contributed by atoms with van der Waals surface area (Å²) in [6.45, 7) is 0.417. The highest BCUT2D eigenvalue weighted by Crippen LogP contribution is 2.39. The fraction of sp³-hybridized carbons (Fsp3) is 0.227. The Balaban J connectivity index is 1.47. The fourth-order valence-corrected chi connectivity index (χ4v) is 4.09. The number of amides is 3. The van der Waals surface area contributed by atoms with Gasteiger partial charge < -0.3 is 29.4 Å². The summed E-state index contributed by atoms with van der Waals surface area (Å²) in [6.07, 6.45) is 1.47. The molecule has 0 unspecified atom stereocenters. The number of phenolic OH excluding ortho intramolecular Hbond substituents is 1. The molecule has 3 amide bonds. The first-order chi connectivity index (χ1) is 15.9. The first-order valence-corrected chi connectivity index (χ1v) is 10.6. The molecule has 0 saturated carbocycles. The molecule has 0 atom stereocenters. The number of benzene rings is 2. The van der Waals surface area contributed by atoms with Gasteiger partial charge in [0.15, 0.2) is 23.0 Å². The first-order valence-electron chi connectivity index (χ1n) is 9.79. The second-order valence-corrected chi connectivity index (χ2v) is 7.94. The van der Waals surface area contributed by atoms with Crippen molar-refractivity contribution in [1.29, 1.82) is 0 Å². The van der Waals surface area contributed by atoms with E-state index in [0.29, 0.717) is 47.7 Å². The Hall–Kier alpha value is -3.86. The number of fused-ring (bicyclic) bond motifs is 1. The average Bonchev–Trinajstić information content (AvgIpc) is 3.07. The second kappa shape index (κ2) is 9.33. The zero-order valence-corrected chi connectivity index (χ0v) is 18.6. The third-order valence-corrected chi connectivity index (χ3v) is 5.71. The summed E-state index contributed by atoms with van der Waals surface area (Å²) in [6, 6.07) is 7.93. The van der Waals surface area contributed by atoms with Crippen molar-refractivity contribution in [2.75, 3.05) is 39.3 Å². The molecular formula is C22H20N2O8S. The number of carbonyl (C=O) groups excluding carboxylic acids is 3. The van der Waals surface area contributed by atoms with Crippen molar-refractivity contribution >= 4 is 40.6 Å². The number of aromatic hydroxyl groups is 1. The lowest BCUT2D eigenvalue weighted by Gasteiger charge is -2.19. The van der Waals surface area contributed by atoms with E-state index >= 15 is 0 Å². The number of anilines is 1. The number of imide groups is 1. The van der Waals surface area contributed by atoms with E-state index in [1.807, 2.05) is 0 Å². The molecular weight excluding hydrogens is 452 g/mol. The Kier molecular flexibility index (Phi) is 6.31. The topological polar surface area (TPSA) is 124 Å². The molecule has 172 valence electrons. The molecule has 33 heavy (non-hydrogen) atoms. The molecule has 2 aromatic carbocycles. The van der Waals surface area contributed by atoms with Crippen molar-refractivity contribution in [1.82, 2.24) is 4.90 Å². The van der Waals surface area contributed by atoms with Crippen LogP contribution in [0.15, 0.2) is 35.2 Å². The highest BCUT2D eigenvalue weighted by Gasteiger charge is 2.36. The number of thioether (sulfide) groups is 1. The third kappa shape index (κ3) is 4.67. The quantitative estimate of drug-likeness (QED) is 0.611. The number of hydrogen-bond donors (Lipinski definition) is 2. The van der Waals surface area contributed by atoms with E-state index in [1.165, 1.54) is 32.4 Å².